The van der Waals surface area contributed by atoms with Crippen molar-refractivity contribution in [1.29, 1.82) is 0 Å². The molecule has 0 spiro atoms. The van der Waals surface area contributed by atoms with Crippen LogP contribution in [0.25, 0.3) is 0 Å². The summed E-state index contributed by atoms with van der Waals surface area (Å²) >= 11 is 0. The summed E-state index contributed by atoms with van der Waals surface area (Å²) in [4.78, 5) is 14.3. The van der Waals surface area contributed by atoms with E-state index < -0.39 is 5.97 Å². The number of carbonyl (C=O) groups is 1. The van der Waals surface area contributed by atoms with Gasteiger partial charge in [-0.15, -0.1) is 5.10 Å². The number of aromatic carboxylic acids is 1. The van der Waals surface area contributed by atoms with Crippen LogP contribution in [0.4, 0.5) is 0 Å². The average molecular weight is 208 g/mol. The highest BCUT2D eigenvalue weighted by atomic mass is 16.4. The molecule has 1 N–H and O–H groups in total. The second-order valence-corrected chi connectivity index (χ2v) is 2.96. The number of hydrogen-bond acceptors (Lipinski definition) is 5. The summed E-state index contributed by atoms with van der Waals surface area (Å²) in [5.74, 6) is -0.422. The fraction of sp³-hybridized carbons (Fsp3) is 0.286. The van der Waals surface area contributed by atoms with E-state index in [1.807, 2.05) is 0 Å². The van der Waals surface area contributed by atoms with E-state index in [0.29, 0.717) is 12.4 Å². The molecule has 0 aliphatic carbocycles. The summed E-state index contributed by atoms with van der Waals surface area (Å²) in [5.41, 5.74) is 0.00475. The van der Waals surface area contributed by atoms with Crippen molar-refractivity contribution in [2.75, 3.05) is 0 Å². The van der Waals surface area contributed by atoms with Crippen LogP contribution in [-0.4, -0.2) is 40.8 Å². The van der Waals surface area contributed by atoms with Crippen molar-refractivity contribution in [2.24, 2.45) is 7.05 Å². The molecule has 78 valence electrons. The van der Waals surface area contributed by atoms with Gasteiger partial charge in [-0.3, -0.25) is 0 Å². The Bertz CT molecular complexity index is 487. The Morgan fingerprint density at radius 3 is 2.93 bits per heavy atom. The monoisotopic (exact) mass is 208 g/mol. The highest BCUT2D eigenvalue weighted by Gasteiger charge is 2.08. The van der Waals surface area contributed by atoms with Crippen LogP contribution >= 0.6 is 0 Å². The summed E-state index contributed by atoms with van der Waals surface area (Å²) in [7, 11) is 1.71. The Morgan fingerprint density at radius 2 is 2.40 bits per heavy atom. The predicted octanol–water partition coefficient (Wildman–Crippen LogP) is -0.847. The standard InChI is InChI=1S/C7H8N6O2/c1-12-6(9-10-11-12)3-13-2-5(7(14)15)8-4-13/h2,4H,3H2,1H3,(H,14,15). The zero-order valence-corrected chi connectivity index (χ0v) is 7.90. The van der Waals surface area contributed by atoms with E-state index in [9.17, 15) is 4.79 Å². The van der Waals surface area contributed by atoms with E-state index in [4.69, 9.17) is 5.11 Å². The highest BCUT2D eigenvalue weighted by Crippen LogP contribution is 1.99. The smallest absolute Gasteiger partial charge is 0.356 e. The molecule has 8 heteroatoms. The van der Waals surface area contributed by atoms with Gasteiger partial charge in [-0.05, 0) is 10.4 Å². The zero-order valence-electron chi connectivity index (χ0n) is 7.90. The molecule has 0 atom stereocenters. The number of rotatable bonds is 3. The lowest BCUT2D eigenvalue weighted by molar-refractivity contribution is 0.0691. The number of aromatic nitrogens is 6. The average Bonchev–Trinajstić information content (AvgIpc) is 2.77. The van der Waals surface area contributed by atoms with Crippen LogP contribution in [-0.2, 0) is 13.6 Å². The summed E-state index contributed by atoms with van der Waals surface area (Å²) < 4.78 is 3.12. The number of imidazole rings is 1. The van der Waals surface area contributed by atoms with Gasteiger partial charge in [-0.1, -0.05) is 0 Å². The Hall–Kier alpha value is -2.25. The molecular formula is C7H8N6O2. The van der Waals surface area contributed by atoms with E-state index in [0.717, 1.165) is 0 Å². The summed E-state index contributed by atoms with van der Waals surface area (Å²) in [6.07, 6.45) is 2.86. The Balaban J connectivity index is 2.18. The molecule has 0 bridgehead atoms. The van der Waals surface area contributed by atoms with Gasteiger partial charge in [0, 0.05) is 13.2 Å². The van der Waals surface area contributed by atoms with Crippen LogP contribution in [0, 0.1) is 0 Å². The van der Waals surface area contributed by atoms with Gasteiger partial charge in [0.1, 0.15) is 0 Å². The first-order valence-corrected chi connectivity index (χ1v) is 4.13. The molecule has 0 aliphatic heterocycles. The third-order valence-corrected chi connectivity index (χ3v) is 1.88. The highest BCUT2D eigenvalue weighted by molar-refractivity contribution is 5.84. The molecule has 0 radical (unpaired) electrons. The molecular weight excluding hydrogens is 200 g/mol. The Morgan fingerprint density at radius 1 is 1.60 bits per heavy atom. The van der Waals surface area contributed by atoms with Gasteiger partial charge < -0.3 is 9.67 Å². The molecule has 15 heavy (non-hydrogen) atoms. The van der Waals surface area contributed by atoms with Gasteiger partial charge in [0.2, 0.25) is 0 Å². The molecule has 0 amide bonds. The van der Waals surface area contributed by atoms with Crippen LogP contribution < -0.4 is 0 Å². The van der Waals surface area contributed by atoms with Gasteiger partial charge in [0.25, 0.3) is 0 Å². The summed E-state index contributed by atoms with van der Waals surface area (Å²) in [5, 5.41) is 19.6. The number of tetrazole rings is 1. The number of carboxylic acid groups (broad SMARTS) is 1. The SMILES string of the molecule is Cn1nnnc1Cn1cnc(C(=O)O)c1. The lowest BCUT2D eigenvalue weighted by Gasteiger charge is -1.98. The number of hydrogen-bond donors (Lipinski definition) is 1. The lowest BCUT2D eigenvalue weighted by atomic mass is 10.5. The third kappa shape index (κ3) is 1.82. The minimum absolute atomic E-state index is 0.00475. The van der Waals surface area contributed by atoms with Gasteiger partial charge in [0.05, 0.1) is 12.9 Å². The topological polar surface area (TPSA) is 98.7 Å². The first kappa shape index (κ1) is 9.31. The molecule has 2 rings (SSSR count). The Labute approximate surface area is 84.2 Å². The quantitative estimate of drug-likeness (QED) is 0.705. The lowest BCUT2D eigenvalue weighted by Crippen LogP contribution is -2.05. The first-order valence-electron chi connectivity index (χ1n) is 4.13. The fourth-order valence-electron chi connectivity index (χ4n) is 1.10. The van der Waals surface area contributed by atoms with Gasteiger partial charge in [-0.2, -0.15) is 0 Å². The van der Waals surface area contributed by atoms with E-state index in [1.54, 1.807) is 11.6 Å². The van der Waals surface area contributed by atoms with E-state index in [1.165, 1.54) is 17.2 Å². The second-order valence-electron chi connectivity index (χ2n) is 2.96. The van der Waals surface area contributed by atoms with Crippen LogP contribution in [0.2, 0.25) is 0 Å². The molecule has 0 aliphatic rings. The molecule has 0 aromatic carbocycles. The summed E-state index contributed by atoms with van der Waals surface area (Å²) in [6, 6.07) is 0. The molecule has 0 saturated carbocycles. The molecule has 8 nitrogen and oxygen atoms in total. The second kappa shape index (κ2) is 3.48. The van der Waals surface area contributed by atoms with E-state index in [-0.39, 0.29) is 5.69 Å². The van der Waals surface area contributed by atoms with Crippen LogP contribution in [0.5, 0.6) is 0 Å². The van der Waals surface area contributed by atoms with E-state index in [2.05, 4.69) is 20.5 Å². The minimum Gasteiger partial charge on any atom is -0.476 e. The van der Waals surface area contributed by atoms with Crippen molar-refractivity contribution in [3.63, 3.8) is 0 Å². The Kier molecular flexibility index (Phi) is 2.16. The number of aryl methyl sites for hydroxylation is 1. The number of nitrogens with zero attached hydrogens (tertiary/aromatic N) is 6. The molecule has 0 fully saturated rings. The third-order valence-electron chi connectivity index (χ3n) is 1.88. The van der Waals surface area contributed by atoms with Crippen molar-refractivity contribution in [1.82, 2.24) is 29.8 Å². The van der Waals surface area contributed by atoms with Crippen LogP contribution in [0.3, 0.4) is 0 Å². The molecule has 2 aromatic rings. The normalized spacial score (nSPS) is 10.5. The van der Waals surface area contributed by atoms with Gasteiger partial charge in [-0.25, -0.2) is 14.5 Å². The fourth-order valence-corrected chi connectivity index (χ4v) is 1.10. The van der Waals surface area contributed by atoms with Crippen molar-refractivity contribution in [3.05, 3.63) is 24.0 Å². The first-order chi connectivity index (χ1) is 7.16. The predicted molar refractivity (Wildman–Crippen MR) is 47.1 cm³/mol. The maximum atomic E-state index is 10.6. The van der Waals surface area contributed by atoms with Crippen LogP contribution in [0.15, 0.2) is 12.5 Å². The largest absolute Gasteiger partial charge is 0.476 e. The van der Waals surface area contributed by atoms with Crippen molar-refractivity contribution < 1.29 is 9.90 Å². The molecule has 0 saturated heterocycles. The molecule has 0 unspecified atom stereocenters. The maximum absolute atomic E-state index is 10.6. The van der Waals surface area contributed by atoms with Crippen molar-refractivity contribution in [2.45, 2.75) is 6.54 Å². The maximum Gasteiger partial charge on any atom is 0.356 e. The van der Waals surface area contributed by atoms with Crippen molar-refractivity contribution >= 4 is 5.97 Å². The molecule has 2 heterocycles. The summed E-state index contributed by atoms with van der Waals surface area (Å²) in [6.45, 7) is 0.393. The minimum atomic E-state index is -1.05. The zero-order chi connectivity index (χ0) is 10.8. The number of carboxylic acids is 1. The van der Waals surface area contributed by atoms with Gasteiger partial charge >= 0.3 is 5.97 Å². The van der Waals surface area contributed by atoms with Gasteiger partial charge in [0.15, 0.2) is 11.5 Å². The van der Waals surface area contributed by atoms with Crippen LogP contribution in [0.1, 0.15) is 16.3 Å². The van der Waals surface area contributed by atoms with E-state index >= 15 is 0 Å². The van der Waals surface area contributed by atoms with Crippen molar-refractivity contribution in [3.8, 4) is 0 Å². The molecule has 2 aromatic heterocycles.